The van der Waals surface area contributed by atoms with E-state index in [0.717, 1.165) is 10.4 Å². The quantitative estimate of drug-likeness (QED) is 0.728. The van der Waals surface area contributed by atoms with Crippen molar-refractivity contribution in [2.75, 3.05) is 0 Å². The summed E-state index contributed by atoms with van der Waals surface area (Å²) >= 11 is 12.7. The topological polar surface area (TPSA) is 25.8 Å². The van der Waals surface area contributed by atoms with Crippen LogP contribution < -0.4 is 0 Å². The fraction of sp³-hybridized carbons (Fsp3) is 0.111. The number of halogens is 3. The van der Waals surface area contributed by atoms with Crippen molar-refractivity contribution in [1.82, 2.24) is 9.97 Å². The SMILES string of the molecule is Cc1cc(-c2nc(Cl)c(F)c(Cl)n2)cs1. The van der Waals surface area contributed by atoms with E-state index in [1.165, 1.54) is 0 Å². The molecule has 2 nitrogen and oxygen atoms in total. The van der Waals surface area contributed by atoms with Crippen molar-refractivity contribution in [3.8, 4) is 11.4 Å². The van der Waals surface area contributed by atoms with Gasteiger partial charge in [0.2, 0.25) is 0 Å². The Morgan fingerprint density at radius 1 is 1.27 bits per heavy atom. The predicted molar refractivity (Wildman–Crippen MR) is 60.1 cm³/mol. The van der Waals surface area contributed by atoms with E-state index in [-0.39, 0.29) is 10.3 Å². The molecule has 0 spiro atoms. The first-order valence-corrected chi connectivity index (χ1v) is 5.65. The molecule has 0 atom stereocenters. The highest BCUT2D eigenvalue weighted by molar-refractivity contribution is 7.10. The third kappa shape index (κ3) is 2.12. The van der Waals surface area contributed by atoms with Crippen LogP contribution in [0.2, 0.25) is 10.3 Å². The van der Waals surface area contributed by atoms with E-state index in [0.29, 0.717) is 5.82 Å². The first-order valence-electron chi connectivity index (χ1n) is 4.02. The van der Waals surface area contributed by atoms with Crippen LogP contribution in [0.4, 0.5) is 4.39 Å². The highest BCUT2D eigenvalue weighted by Crippen LogP contribution is 2.26. The number of hydrogen-bond acceptors (Lipinski definition) is 3. The van der Waals surface area contributed by atoms with Gasteiger partial charge in [-0.15, -0.1) is 11.3 Å². The molecule has 0 aliphatic heterocycles. The van der Waals surface area contributed by atoms with Gasteiger partial charge in [-0.05, 0) is 13.0 Å². The average Bonchev–Trinajstić information content (AvgIpc) is 2.60. The van der Waals surface area contributed by atoms with Gasteiger partial charge in [-0.2, -0.15) is 0 Å². The Morgan fingerprint density at radius 2 is 1.87 bits per heavy atom. The van der Waals surface area contributed by atoms with Crippen molar-refractivity contribution < 1.29 is 4.39 Å². The molecule has 0 saturated carbocycles. The lowest BCUT2D eigenvalue weighted by molar-refractivity contribution is 0.615. The third-order valence-electron chi connectivity index (χ3n) is 1.76. The lowest BCUT2D eigenvalue weighted by Gasteiger charge is -1.99. The van der Waals surface area contributed by atoms with Crippen molar-refractivity contribution in [3.05, 3.63) is 32.4 Å². The molecule has 78 valence electrons. The summed E-state index contributed by atoms with van der Waals surface area (Å²) in [5.74, 6) is -0.440. The Labute approximate surface area is 99.7 Å². The summed E-state index contributed by atoms with van der Waals surface area (Å²) in [5, 5.41) is 1.36. The van der Waals surface area contributed by atoms with E-state index in [4.69, 9.17) is 23.2 Å². The van der Waals surface area contributed by atoms with Crippen LogP contribution in [0.5, 0.6) is 0 Å². The first-order chi connectivity index (χ1) is 7.08. The van der Waals surface area contributed by atoms with Crippen LogP contribution in [0.25, 0.3) is 11.4 Å². The molecule has 2 rings (SSSR count). The molecular weight excluding hydrogens is 258 g/mol. The lowest BCUT2D eigenvalue weighted by Crippen LogP contribution is -1.93. The first kappa shape index (κ1) is 10.8. The molecule has 0 aromatic carbocycles. The van der Waals surface area contributed by atoms with Gasteiger partial charge in [0.05, 0.1) is 0 Å². The maximum Gasteiger partial charge on any atom is 0.197 e. The molecule has 0 N–H and O–H groups in total. The van der Waals surface area contributed by atoms with Crippen LogP contribution in [0, 0.1) is 12.7 Å². The Kier molecular flexibility index (Phi) is 2.91. The van der Waals surface area contributed by atoms with Crippen LogP contribution in [0.15, 0.2) is 11.4 Å². The maximum atomic E-state index is 13.0. The second-order valence-corrected chi connectivity index (χ2v) is 4.72. The van der Waals surface area contributed by atoms with Crippen LogP contribution in [0.3, 0.4) is 0 Å². The van der Waals surface area contributed by atoms with Gasteiger partial charge in [0.25, 0.3) is 0 Å². The zero-order valence-electron chi connectivity index (χ0n) is 7.59. The third-order valence-corrected chi connectivity index (χ3v) is 3.12. The number of aromatic nitrogens is 2. The zero-order valence-corrected chi connectivity index (χ0v) is 9.92. The van der Waals surface area contributed by atoms with Crippen LogP contribution in [0.1, 0.15) is 4.88 Å². The highest BCUT2D eigenvalue weighted by Gasteiger charge is 2.12. The summed E-state index contributed by atoms with van der Waals surface area (Å²) in [4.78, 5) is 8.75. The standard InChI is InChI=1S/C9H5Cl2FN2S/c1-4-2-5(3-15-4)9-13-7(10)6(12)8(11)14-9/h2-3H,1H3. The van der Waals surface area contributed by atoms with Gasteiger partial charge in [-0.3, -0.25) is 0 Å². The van der Waals surface area contributed by atoms with E-state index in [1.807, 2.05) is 18.4 Å². The minimum atomic E-state index is -0.783. The van der Waals surface area contributed by atoms with Gasteiger partial charge in [-0.1, -0.05) is 23.2 Å². The Balaban J connectivity index is 2.55. The number of aryl methyl sites for hydroxylation is 1. The molecule has 2 heterocycles. The van der Waals surface area contributed by atoms with Crippen LogP contribution >= 0.6 is 34.5 Å². The summed E-state index contributed by atoms with van der Waals surface area (Å²) in [6.07, 6.45) is 0. The normalized spacial score (nSPS) is 10.7. The Bertz CT molecular complexity index is 490. The minimum Gasteiger partial charge on any atom is -0.213 e. The largest absolute Gasteiger partial charge is 0.213 e. The highest BCUT2D eigenvalue weighted by atomic mass is 35.5. The average molecular weight is 263 g/mol. The van der Waals surface area contributed by atoms with Gasteiger partial charge in [0.15, 0.2) is 21.9 Å². The number of thiophene rings is 1. The summed E-state index contributed by atoms with van der Waals surface area (Å²) in [5.41, 5.74) is 0.793. The van der Waals surface area contributed by atoms with Gasteiger partial charge in [-0.25, -0.2) is 14.4 Å². The number of nitrogens with zero attached hydrogens (tertiary/aromatic N) is 2. The second kappa shape index (κ2) is 4.04. The molecule has 0 aliphatic carbocycles. The second-order valence-electron chi connectivity index (χ2n) is 2.89. The summed E-state index contributed by atoms with van der Waals surface area (Å²) in [6.45, 7) is 1.96. The van der Waals surface area contributed by atoms with Gasteiger partial charge in [0.1, 0.15) is 0 Å². The van der Waals surface area contributed by atoms with E-state index in [9.17, 15) is 4.39 Å². The van der Waals surface area contributed by atoms with Gasteiger partial charge < -0.3 is 0 Å². The van der Waals surface area contributed by atoms with Crippen LogP contribution in [-0.2, 0) is 0 Å². The summed E-state index contributed by atoms with van der Waals surface area (Å²) in [7, 11) is 0. The Hall–Kier alpha value is -0.710. The number of rotatable bonds is 1. The van der Waals surface area contributed by atoms with Crippen molar-refractivity contribution in [2.45, 2.75) is 6.92 Å². The molecule has 0 unspecified atom stereocenters. The summed E-state index contributed by atoms with van der Waals surface area (Å²) < 4.78 is 13.0. The monoisotopic (exact) mass is 262 g/mol. The fourth-order valence-electron chi connectivity index (χ4n) is 1.08. The molecular formula is C9H5Cl2FN2S. The van der Waals surface area contributed by atoms with Crippen molar-refractivity contribution in [3.63, 3.8) is 0 Å². The smallest absolute Gasteiger partial charge is 0.197 e. The number of hydrogen-bond donors (Lipinski definition) is 0. The minimum absolute atomic E-state index is 0.256. The Morgan fingerprint density at radius 3 is 2.33 bits per heavy atom. The molecule has 0 bridgehead atoms. The molecule has 0 amide bonds. The van der Waals surface area contributed by atoms with Gasteiger partial charge in [0, 0.05) is 15.8 Å². The molecule has 0 aliphatic rings. The molecule has 6 heteroatoms. The van der Waals surface area contributed by atoms with Gasteiger partial charge >= 0.3 is 0 Å². The molecule has 0 fully saturated rings. The lowest BCUT2D eigenvalue weighted by atomic mass is 10.3. The molecule has 15 heavy (non-hydrogen) atoms. The molecule has 2 aromatic heterocycles. The van der Waals surface area contributed by atoms with Crippen molar-refractivity contribution in [1.29, 1.82) is 0 Å². The van der Waals surface area contributed by atoms with Crippen molar-refractivity contribution >= 4 is 34.5 Å². The van der Waals surface area contributed by atoms with Crippen LogP contribution in [-0.4, -0.2) is 9.97 Å². The molecule has 2 aromatic rings. The van der Waals surface area contributed by atoms with Crippen molar-refractivity contribution in [2.24, 2.45) is 0 Å². The van der Waals surface area contributed by atoms with E-state index in [1.54, 1.807) is 11.3 Å². The van der Waals surface area contributed by atoms with E-state index < -0.39 is 5.82 Å². The molecule has 0 saturated heterocycles. The predicted octanol–water partition coefficient (Wildman–Crippen LogP) is 3.96. The zero-order chi connectivity index (χ0) is 11.0. The maximum absolute atomic E-state index is 13.0. The molecule has 0 radical (unpaired) electrons. The van der Waals surface area contributed by atoms with E-state index >= 15 is 0 Å². The summed E-state index contributed by atoms with van der Waals surface area (Å²) in [6, 6.07) is 1.89. The van der Waals surface area contributed by atoms with E-state index in [2.05, 4.69) is 9.97 Å². The fourth-order valence-corrected chi connectivity index (χ4v) is 2.15.